The van der Waals surface area contributed by atoms with Crippen molar-refractivity contribution < 1.29 is 5.11 Å². The van der Waals surface area contributed by atoms with E-state index in [0.29, 0.717) is 13.0 Å². The highest BCUT2D eigenvalue weighted by Gasteiger charge is 2.09. The third-order valence-corrected chi connectivity index (χ3v) is 1.69. The molecular weight excluding hydrogens is 140 g/mol. The highest BCUT2D eigenvalue weighted by molar-refractivity contribution is 4.78. The van der Waals surface area contributed by atoms with Crippen LogP contribution in [0.5, 0.6) is 0 Å². The first kappa shape index (κ1) is 10.4. The molecule has 64 valence electrons. The Kier molecular flexibility index (Phi) is 4.84. The monoisotopic (exact) mass is 156 g/mol. The van der Waals surface area contributed by atoms with E-state index in [9.17, 15) is 0 Å². The maximum Gasteiger partial charge on any atom is 0.0639 e. The second-order valence-corrected chi connectivity index (χ2v) is 3.00. The number of likely N-dealkylation sites (N-methyl/N-ethyl adjacent to an activating group) is 1. The molecule has 0 radical (unpaired) electrons. The first-order valence-corrected chi connectivity index (χ1v) is 3.83. The maximum absolute atomic E-state index is 9.02. The Hall–Kier alpha value is -0.590. The third-order valence-electron chi connectivity index (χ3n) is 1.69. The van der Waals surface area contributed by atoms with Gasteiger partial charge in [-0.3, -0.25) is 0 Å². The summed E-state index contributed by atoms with van der Waals surface area (Å²) >= 11 is 0. The second-order valence-electron chi connectivity index (χ2n) is 3.00. The Balaban J connectivity index is 3.65. The van der Waals surface area contributed by atoms with Gasteiger partial charge in [0.1, 0.15) is 0 Å². The Bertz CT molecular complexity index is 140. The topological polar surface area (TPSA) is 47.3 Å². The molecule has 0 fully saturated rings. The standard InChI is InChI=1S/C8H16N2O/c1-7(4-5-9)10(3)6-8(2)11/h7-8,11H,4,6H2,1-3H3/t7-,8-/m0/s1. The molecule has 0 aromatic heterocycles. The van der Waals surface area contributed by atoms with Gasteiger partial charge < -0.3 is 10.0 Å². The van der Waals surface area contributed by atoms with Crippen LogP contribution >= 0.6 is 0 Å². The van der Waals surface area contributed by atoms with Gasteiger partial charge in [-0.05, 0) is 20.9 Å². The van der Waals surface area contributed by atoms with Gasteiger partial charge in [0, 0.05) is 12.6 Å². The van der Waals surface area contributed by atoms with Crippen molar-refractivity contribution in [2.75, 3.05) is 13.6 Å². The summed E-state index contributed by atoms with van der Waals surface area (Å²) in [7, 11) is 1.91. The number of hydrogen-bond donors (Lipinski definition) is 1. The van der Waals surface area contributed by atoms with Crippen LogP contribution in [-0.2, 0) is 0 Å². The minimum Gasteiger partial charge on any atom is -0.392 e. The van der Waals surface area contributed by atoms with Crippen molar-refractivity contribution in [3.8, 4) is 6.07 Å². The molecule has 11 heavy (non-hydrogen) atoms. The maximum atomic E-state index is 9.02. The van der Waals surface area contributed by atoms with Crippen molar-refractivity contribution in [3.63, 3.8) is 0 Å². The van der Waals surface area contributed by atoms with Gasteiger partial charge in [-0.1, -0.05) is 0 Å². The van der Waals surface area contributed by atoms with Gasteiger partial charge in [0.2, 0.25) is 0 Å². The number of aliphatic hydroxyl groups excluding tert-OH is 1. The van der Waals surface area contributed by atoms with Crippen LogP contribution in [-0.4, -0.2) is 35.7 Å². The molecule has 0 amide bonds. The smallest absolute Gasteiger partial charge is 0.0639 e. The largest absolute Gasteiger partial charge is 0.392 e. The molecule has 0 aliphatic rings. The Labute approximate surface area is 68.2 Å². The molecule has 0 aliphatic carbocycles. The fraction of sp³-hybridized carbons (Fsp3) is 0.875. The van der Waals surface area contributed by atoms with Gasteiger partial charge in [0.25, 0.3) is 0 Å². The van der Waals surface area contributed by atoms with Crippen LogP contribution in [0.25, 0.3) is 0 Å². The van der Waals surface area contributed by atoms with Crippen LogP contribution in [0.3, 0.4) is 0 Å². The summed E-state index contributed by atoms with van der Waals surface area (Å²) < 4.78 is 0. The molecule has 0 aromatic rings. The van der Waals surface area contributed by atoms with Crippen molar-refractivity contribution in [1.82, 2.24) is 4.90 Å². The van der Waals surface area contributed by atoms with Crippen molar-refractivity contribution in [2.24, 2.45) is 0 Å². The van der Waals surface area contributed by atoms with Gasteiger partial charge in [0.05, 0.1) is 18.6 Å². The summed E-state index contributed by atoms with van der Waals surface area (Å²) in [4.78, 5) is 1.98. The highest BCUT2D eigenvalue weighted by atomic mass is 16.3. The van der Waals surface area contributed by atoms with Gasteiger partial charge in [0.15, 0.2) is 0 Å². The number of rotatable bonds is 4. The van der Waals surface area contributed by atoms with E-state index in [0.717, 1.165) is 0 Å². The Morgan fingerprint density at radius 2 is 2.09 bits per heavy atom. The lowest BCUT2D eigenvalue weighted by Gasteiger charge is -2.23. The van der Waals surface area contributed by atoms with Gasteiger partial charge in [-0.25, -0.2) is 0 Å². The van der Waals surface area contributed by atoms with E-state index < -0.39 is 0 Å². The summed E-state index contributed by atoms with van der Waals surface area (Å²) in [6.07, 6.45) is 0.199. The van der Waals surface area contributed by atoms with E-state index in [4.69, 9.17) is 10.4 Å². The molecule has 0 spiro atoms. The van der Waals surface area contributed by atoms with Crippen LogP contribution in [0, 0.1) is 11.3 Å². The average molecular weight is 156 g/mol. The minimum atomic E-state index is -0.318. The van der Waals surface area contributed by atoms with E-state index in [2.05, 4.69) is 6.07 Å². The molecule has 0 aromatic carbocycles. The fourth-order valence-electron chi connectivity index (χ4n) is 0.885. The van der Waals surface area contributed by atoms with Crippen LogP contribution in [0.4, 0.5) is 0 Å². The van der Waals surface area contributed by atoms with Crippen molar-refractivity contribution in [3.05, 3.63) is 0 Å². The molecule has 3 heteroatoms. The van der Waals surface area contributed by atoms with Crippen molar-refractivity contribution >= 4 is 0 Å². The first-order chi connectivity index (χ1) is 5.07. The van der Waals surface area contributed by atoms with E-state index in [1.807, 2.05) is 18.9 Å². The second kappa shape index (κ2) is 5.11. The summed E-state index contributed by atoms with van der Waals surface area (Å²) in [5.74, 6) is 0. The summed E-state index contributed by atoms with van der Waals surface area (Å²) in [5, 5.41) is 17.4. The van der Waals surface area contributed by atoms with E-state index in [1.165, 1.54) is 0 Å². The van der Waals surface area contributed by atoms with Crippen LogP contribution in [0.2, 0.25) is 0 Å². The molecule has 0 heterocycles. The third kappa shape index (κ3) is 4.77. The van der Waals surface area contributed by atoms with E-state index >= 15 is 0 Å². The van der Waals surface area contributed by atoms with Crippen LogP contribution in [0.15, 0.2) is 0 Å². The highest BCUT2D eigenvalue weighted by Crippen LogP contribution is 2.00. The molecule has 0 bridgehead atoms. The summed E-state index contributed by atoms with van der Waals surface area (Å²) in [6, 6.07) is 2.33. The molecular formula is C8H16N2O. The number of aliphatic hydroxyl groups is 1. The molecule has 3 nitrogen and oxygen atoms in total. The lowest BCUT2D eigenvalue weighted by atomic mass is 10.2. The Morgan fingerprint density at radius 3 is 2.45 bits per heavy atom. The van der Waals surface area contributed by atoms with Gasteiger partial charge in [-0.15, -0.1) is 0 Å². The molecule has 0 saturated heterocycles. The van der Waals surface area contributed by atoms with Gasteiger partial charge >= 0.3 is 0 Å². The molecule has 0 saturated carbocycles. The molecule has 0 rings (SSSR count). The first-order valence-electron chi connectivity index (χ1n) is 3.83. The average Bonchev–Trinajstić information content (AvgIpc) is 1.86. The lowest BCUT2D eigenvalue weighted by molar-refractivity contribution is 0.122. The summed E-state index contributed by atoms with van der Waals surface area (Å²) in [5.41, 5.74) is 0. The lowest BCUT2D eigenvalue weighted by Crippen LogP contribution is -2.34. The fourth-order valence-corrected chi connectivity index (χ4v) is 0.885. The van der Waals surface area contributed by atoms with Gasteiger partial charge in [-0.2, -0.15) is 5.26 Å². The molecule has 1 N–H and O–H groups in total. The predicted octanol–water partition coefficient (Wildman–Crippen LogP) is 0.601. The zero-order chi connectivity index (χ0) is 8.85. The SMILES string of the molecule is C[C@H](O)CN(C)[C@@H](C)CC#N. The van der Waals surface area contributed by atoms with Crippen molar-refractivity contribution in [2.45, 2.75) is 32.4 Å². The number of nitriles is 1. The van der Waals surface area contributed by atoms with Crippen LogP contribution < -0.4 is 0 Å². The molecule has 2 atom stereocenters. The zero-order valence-electron chi connectivity index (χ0n) is 7.41. The van der Waals surface area contributed by atoms with E-state index in [1.54, 1.807) is 6.92 Å². The molecule has 0 unspecified atom stereocenters. The zero-order valence-corrected chi connectivity index (χ0v) is 7.41. The van der Waals surface area contributed by atoms with E-state index in [-0.39, 0.29) is 12.1 Å². The predicted molar refractivity (Wildman–Crippen MR) is 44.0 cm³/mol. The normalized spacial score (nSPS) is 16.0. The van der Waals surface area contributed by atoms with Crippen molar-refractivity contribution in [1.29, 1.82) is 5.26 Å². The summed E-state index contributed by atoms with van der Waals surface area (Å²) in [6.45, 7) is 4.35. The minimum absolute atomic E-state index is 0.231. The Morgan fingerprint density at radius 1 is 1.55 bits per heavy atom. The number of nitrogens with zero attached hydrogens (tertiary/aromatic N) is 2. The number of hydrogen-bond acceptors (Lipinski definition) is 3. The van der Waals surface area contributed by atoms with Crippen LogP contribution in [0.1, 0.15) is 20.3 Å². The molecule has 0 aliphatic heterocycles. The quantitative estimate of drug-likeness (QED) is 0.648.